The number of fused-ring (bicyclic) bond motifs is 1. The van der Waals surface area contributed by atoms with Gasteiger partial charge >= 0.3 is 6.03 Å². The summed E-state index contributed by atoms with van der Waals surface area (Å²) < 4.78 is 1.20. The maximum absolute atomic E-state index is 12.3. The van der Waals surface area contributed by atoms with Crippen molar-refractivity contribution in [3.63, 3.8) is 0 Å². The second-order valence-corrected chi connectivity index (χ2v) is 7.19. The Balaban J connectivity index is 1.43. The molecule has 1 aromatic heterocycles. The average molecular weight is 330 g/mol. The first-order valence-corrected chi connectivity index (χ1v) is 8.60. The van der Waals surface area contributed by atoms with Crippen LogP contribution in [0.2, 0.25) is 0 Å². The monoisotopic (exact) mass is 330 g/mol. The molecule has 1 N–H and O–H groups in total. The standard InChI is InChI=1S/C16H18N4O2S/c1-19-14(21)16(18-15(19)22)4-6-20(7-5-16)9-11-2-3-13-12(8-11)17-10-23-13/h2-3,8,10H,4-7,9H2,1H3,(H,18,22). The number of likely N-dealkylation sites (tertiary alicyclic amines) is 1. The Labute approximate surface area is 138 Å². The fourth-order valence-electron chi connectivity index (χ4n) is 3.45. The summed E-state index contributed by atoms with van der Waals surface area (Å²) in [5.74, 6) is -0.0916. The number of hydrogen-bond donors (Lipinski definition) is 1. The van der Waals surface area contributed by atoms with E-state index >= 15 is 0 Å². The van der Waals surface area contributed by atoms with Crippen molar-refractivity contribution in [2.75, 3.05) is 20.1 Å². The molecule has 0 saturated carbocycles. The molecule has 3 amide bonds. The first kappa shape index (κ1) is 14.6. The Kier molecular flexibility index (Phi) is 3.35. The highest BCUT2D eigenvalue weighted by Crippen LogP contribution is 2.29. The topological polar surface area (TPSA) is 65.5 Å². The van der Waals surface area contributed by atoms with Crippen molar-refractivity contribution in [1.29, 1.82) is 0 Å². The van der Waals surface area contributed by atoms with Crippen LogP contribution in [0.5, 0.6) is 0 Å². The van der Waals surface area contributed by atoms with Gasteiger partial charge in [0.2, 0.25) is 0 Å². The third-order valence-electron chi connectivity index (χ3n) is 4.88. The maximum atomic E-state index is 12.3. The average Bonchev–Trinajstić information content (AvgIpc) is 3.09. The van der Waals surface area contributed by atoms with Gasteiger partial charge in [-0.2, -0.15) is 0 Å². The molecule has 0 unspecified atom stereocenters. The van der Waals surface area contributed by atoms with E-state index in [9.17, 15) is 9.59 Å². The quantitative estimate of drug-likeness (QED) is 0.853. The first-order valence-electron chi connectivity index (χ1n) is 7.72. The molecule has 1 aromatic carbocycles. The van der Waals surface area contributed by atoms with Crippen LogP contribution in [0.3, 0.4) is 0 Å². The van der Waals surface area contributed by atoms with E-state index in [1.165, 1.54) is 15.2 Å². The number of nitrogens with one attached hydrogen (secondary N) is 1. The van der Waals surface area contributed by atoms with Crippen LogP contribution in [-0.4, -0.2) is 52.4 Å². The lowest BCUT2D eigenvalue weighted by atomic mass is 9.87. The van der Waals surface area contributed by atoms with Crippen LogP contribution in [0.15, 0.2) is 23.7 Å². The number of imide groups is 1. The van der Waals surface area contributed by atoms with Crippen molar-refractivity contribution in [3.05, 3.63) is 29.3 Å². The Morgan fingerprint density at radius 3 is 2.78 bits per heavy atom. The van der Waals surface area contributed by atoms with Crippen LogP contribution in [0.1, 0.15) is 18.4 Å². The molecule has 4 rings (SSSR count). The number of likely N-dealkylation sites (N-methyl/N-ethyl adjacent to an activating group) is 1. The first-order chi connectivity index (χ1) is 11.1. The van der Waals surface area contributed by atoms with Crippen LogP contribution >= 0.6 is 11.3 Å². The highest BCUT2D eigenvalue weighted by Gasteiger charge is 2.50. The predicted octanol–water partition coefficient (Wildman–Crippen LogP) is 1.81. The van der Waals surface area contributed by atoms with Crippen molar-refractivity contribution >= 4 is 33.5 Å². The molecule has 1 spiro atoms. The second-order valence-electron chi connectivity index (χ2n) is 6.31. The van der Waals surface area contributed by atoms with E-state index in [2.05, 4.69) is 33.4 Å². The number of piperidine rings is 1. The zero-order chi connectivity index (χ0) is 16.0. The van der Waals surface area contributed by atoms with Crippen LogP contribution in [0.25, 0.3) is 10.2 Å². The van der Waals surface area contributed by atoms with Crippen molar-refractivity contribution in [2.24, 2.45) is 0 Å². The van der Waals surface area contributed by atoms with Gasteiger partial charge < -0.3 is 5.32 Å². The molecule has 0 radical (unpaired) electrons. The van der Waals surface area contributed by atoms with E-state index in [-0.39, 0.29) is 11.9 Å². The van der Waals surface area contributed by atoms with Gasteiger partial charge in [-0.15, -0.1) is 11.3 Å². The van der Waals surface area contributed by atoms with Gasteiger partial charge in [0.1, 0.15) is 5.54 Å². The number of carbonyl (C=O) groups excluding carboxylic acids is 2. The second kappa shape index (κ2) is 5.28. The molecular formula is C16H18N4O2S. The van der Waals surface area contributed by atoms with Crippen LogP contribution in [0.4, 0.5) is 4.79 Å². The molecular weight excluding hydrogens is 312 g/mol. The molecule has 120 valence electrons. The Morgan fingerprint density at radius 2 is 2.09 bits per heavy atom. The number of benzene rings is 1. The minimum atomic E-state index is -0.679. The summed E-state index contributed by atoms with van der Waals surface area (Å²) >= 11 is 1.65. The van der Waals surface area contributed by atoms with Crippen molar-refractivity contribution in [2.45, 2.75) is 24.9 Å². The van der Waals surface area contributed by atoms with Gasteiger partial charge in [0, 0.05) is 26.7 Å². The summed E-state index contributed by atoms with van der Waals surface area (Å²) in [5.41, 5.74) is 3.46. The summed E-state index contributed by atoms with van der Waals surface area (Å²) in [7, 11) is 1.54. The molecule has 7 heteroatoms. The maximum Gasteiger partial charge on any atom is 0.324 e. The molecule has 23 heavy (non-hydrogen) atoms. The number of urea groups is 1. The van der Waals surface area contributed by atoms with Gasteiger partial charge in [-0.3, -0.25) is 14.6 Å². The van der Waals surface area contributed by atoms with Gasteiger partial charge in [0.15, 0.2) is 0 Å². The lowest BCUT2D eigenvalue weighted by molar-refractivity contribution is -0.132. The highest BCUT2D eigenvalue weighted by molar-refractivity contribution is 7.16. The molecule has 6 nitrogen and oxygen atoms in total. The Morgan fingerprint density at radius 1 is 1.30 bits per heavy atom. The van der Waals surface area contributed by atoms with Crippen LogP contribution in [-0.2, 0) is 11.3 Å². The Hall–Kier alpha value is -1.99. The minimum absolute atomic E-state index is 0.0916. The normalized spacial score (nSPS) is 21.3. The lowest BCUT2D eigenvalue weighted by Gasteiger charge is -2.37. The minimum Gasteiger partial charge on any atom is -0.323 e. The molecule has 0 aliphatic carbocycles. The molecule has 2 saturated heterocycles. The molecule has 2 fully saturated rings. The van der Waals surface area contributed by atoms with Gasteiger partial charge in [-0.05, 0) is 30.5 Å². The van der Waals surface area contributed by atoms with E-state index in [1.807, 2.05) is 5.51 Å². The summed E-state index contributed by atoms with van der Waals surface area (Å²) in [5, 5.41) is 2.88. The zero-order valence-corrected chi connectivity index (χ0v) is 13.7. The van der Waals surface area contributed by atoms with E-state index in [0.717, 1.165) is 25.2 Å². The predicted molar refractivity (Wildman–Crippen MR) is 88.2 cm³/mol. The van der Waals surface area contributed by atoms with Gasteiger partial charge in [-0.25, -0.2) is 9.78 Å². The summed E-state index contributed by atoms with van der Waals surface area (Å²) in [6, 6.07) is 6.11. The number of amides is 3. The summed E-state index contributed by atoms with van der Waals surface area (Å²) in [6.45, 7) is 2.45. The molecule has 3 heterocycles. The lowest BCUT2D eigenvalue weighted by Crippen LogP contribution is -2.54. The Bertz CT molecular complexity index is 779. The van der Waals surface area contributed by atoms with Crippen LogP contribution < -0.4 is 5.32 Å². The van der Waals surface area contributed by atoms with Crippen molar-refractivity contribution in [3.8, 4) is 0 Å². The van der Waals surface area contributed by atoms with Crippen molar-refractivity contribution < 1.29 is 9.59 Å². The van der Waals surface area contributed by atoms with Crippen molar-refractivity contribution in [1.82, 2.24) is 20.1 Å². The summed E-state index contributed by atoms with van der Waals surface area (Å²) in [4.78, 5) is 31.9. The van der Waals surface area contributed by atoms with Gasteiger partial charge in [-0.1, -0.05) is 6.07 Å². The number of nitrogens with zero attached hydrogens (tertiary/aromatic N) is 3. The third kappa shape index (κ3) is 2.40. The van der Waals surface area contributed by atoms with E-state index in [0.29, 0.717) is 12.8 Å². The highest BCUT2D eigenvalue weighted by atomic mass is 32.1. The smallest absolute Gasteiger partial charge is 0.323 e. The molecule has 0 atom stereocenters. The number of carbonyl (C=O) groups is 2. The van der Waals surface area contributed by atoms with Gasteiger partial charge in [0.05, 0.1) is 15.7 Å². The number of aromatic nitrogens is 1. The number of thiazole rings is 1. The fourth-order valence-corrected chi connectivity index (χ4v) is 4.11. The summed E-state index contributed by atoms with van der Waals surface area (Å²) in [6.07, 6.45) is 1.34. The third-order valence-corrected chi connectivity index (χ3v) is 5.69. The van der Waals surface area contributed by atoms with Gasteiger partial charge in [0.25, 0.3) is 5.91 Å². The van der Waals surface area contributed by atoms with Crippen LogP contribution in [0, 0.1) is 0 Å². The molecule has 2 aliphatic heterocycles. The largest absolute Gasteiger partial charge is 0.324 e. The SMILES string of the molecule is CN1C(=O)NC2(CCN(Cc3ccc4scnc4c3)CC2)C1=O. The fraction of sp³-hybridized carbons (Fsp3) is 0.438. The van der Waals surface area contributed by atoms with E-state index in [4.69, 9.17) is 0 Å². The number of rotatable bonds is 2. The molecule has 2 aliphatic rings. The molecule has 2 aromatic rings. The van der Waals surface area contributed by atoms with E-state index in [1.54, 1.807) is 18.4 Å². The number of hydrogen-bond acceptors (Lipinski definition) is 5. The molecule has 0 bridgehead atoms. The zero-order valence-electron chi connectivity index (χ0n) is 12.9. The van der Waals surface area contributed by atoms with E-state index < -0.39 is 5.54 Å².